The van der Waals surface area contributed by atoms with Crippen molar-refractivity contribution >= 4 is 11.6 Å². The minimum atomic E-state index is -0.318. The Bertz CT molecular complexity index is 749. The summed E-state index contributed by atoms with van der Waals surface area (Å²) >= 11 is 6.17. The number of nitrogens with zero attached hydrogens (tertiary/aromatic N) is 2. The van der Waals surface area contributed by atoms with Gasteiger partial charge in [0.2, 0.25) is 0 Å². The quantitative estimate of drug-likeness (QED) is 0.725. The number of fused-ring (bicyclic) bond motifs is 1. The zero-order valence-electron chi connectivity index (χ0n) is 11.7. The van der Waals surface area contributed by atoms with Crippen molar-refractivity contribution in [3.8, 4) is 17.2 Å². The first-order valence-electron chi connectivity index (χ1n) is 6.97. The number of aryl methyl sites for hydroxylation is 1. The minimum absolute atomic E-state index is 0.213. The maximum absolute atomic E-state index is 13.6. The molecule has 1 atom stereocenters. The standard InChI is InChI=1S/C17H14ClFN2/c1-10-5-6-15-13(7-10)16(14(9-20)17(18)21-15)11-3-2-4-12(19)8-11/h2-4,8,10H,5-7H2,1H3. The van der Waals surface area contributed by atoms with Gasteiger partial charge in [-0.25, -0.2) is 9.37 Å². The van der Waals surface area contributed by atoms with Gasteiger partial charge in [-0.2, -0.15) is 5.26 Å². The first kappa shape index (κ1) is 14.0. The Kier molecular flexibility index (Phi) is 3.65. The zero-order chi connectivity index (χ0) is 15.0. The molecule has 21 heavy (non-hydrogen) atoms. The molecule has 2 aromatic rings. The van der Waals surface area contributed by atoms with E-state index in [0.717, 1.165) is 36.1 Å². The summed E-state index contributed by atoms with van der Waals surface area (Å²) in [6.07, 6.45) is 2.76. The van der Waals surface area contributed by atoms with Crippen molar-refractivity contribution in [1.82, 2.24) is 4.98 Å². The average Bonchev–Trinajstić information content (AvgIpc) is 2.46. The molecule has 1 aromatic carbocycles. The molecule has 0 bridgehead atoms. The van der Waals surface area contributed by atoms with Crippen molar-refractivity contribution in [2.24, 2.45) is 5.92 Å². The number of aromatic nitrogens is 1. The van der Waals surface area contributed by atoms with E-state index in [1.54, 1.807) is 6.07 Å². The lowest BCUT2D eigenvalue weighted by Gasteiger charge is -2.24. The van der Waals surface area contributed by atoms with Gasteiger partial charge in [0, 0.05) is 11.3 Å². The molecule has 0 saturated carbocycles. The van der Waals surface area contributed by atoms with Gasteiger partial charge >= 0.3 is 0 Å². The molecule has 0 spiro atoms. The summed E-state index contributed by atoms with van der Waals surface area (Å²) in [5, 5.41) is 9.64. The third-order valence-electron chi connectivity index (χ3n) is 3.99. The molecule has 1 aromatic heterocycles. The van der Waals surface area contributed by atoms with Gasteiger partial charge in [0.15, 0.2) is 0 Å². The van der Waals surface area contributed by atoms with E-state index < -0.39 is 0 Å². The predicted molar refractivity (Wildman–Crippen MR) is 80.5 cm³/mol. The van der Waals surface area contributed by atoms with E-state index in [-0.39, 0.29) is 11.0 Å². The third-order valence-corrected chi connectivity index (χ3v) is 4.26. The van der Waals surface area contributed by atoms with Crippen LogP contribution in [-0.2, 0) is 12.8 Å². The number of benzene rings is 1. The maximum atomic E-state index is 13.6. The van der Waals surface area contributed by atoms with Gasteiger partial charge in [-0.1, -0.05) is 30.7 Å². The molecule has 0 radical (unpaired) electrons. The highest BCUT2D eigenvalue weighted by Crippen LogP contribution is 2.37. The van der Waals surface area contributed by atoms with Crippen molar-refractivity contribution in [3.63, 3.8) is 0 Å². The molecule has 0 N–H and O–H groups in total. The molecule has 1 aliphatic carbocycles. The Labute approximate surface area is 128 Å². The van der Waals surface area contributed by atoms with Gasteiger partial charge in [0.05, 0.1) is 5.56 Å². The van der Waals surface area contributed by atoms with E-state index in [2.05, 4.69) is 18.0 Å². The van der Waals surface area contributed by atoms with Crippen LogP contribution in [0.4, 0.5) is 4.39 Å². The topological polar surface area (TPSA) is 36.7 Å². The molecular formula is C17H14ClFN2. The fourth-order valence-corrected chi connectivity index (χ4v) is 3.20. The van der Waals surface area contributed by atoms with Crippen LogP contribution in [0.5, 0.6) is 0 Å². The summed E-state index contributed by atoms with van der Waals surface area (Å²) < 4.78 is 13.6. The van der Waals surface area contributed by atoms with Crippen molar-refractivity contribution in [1.29, 1.82) is 5.26 Å². The summed E-state index contributed by atoms with van der Waals surface area (Å²) in [7, 11) is 0. The van der Waals surface area contributed by atoms with E-state index in [0.29, 0.717) is 17.0 Å². The molecule has 106 valence electrons. The fraction of sp³-hybridized carbons (Fsp3) is 0.294. The maximum Gasteiger partial charge on any atom is 0.147 e. The lowest BCUT2D eigenvalue weighted by Crippen LogP contribution is -2.15. The van der Waals surface area contributed by atoms with Gasteiger partial charge in [-0.15, -0.1) is 0 Å². The number of nitriles is 1. The molecule has 1 unspecified atom stereocenters. The molecule has 0 aliphatic heterocycles. The van der Waals surface area contributed by atoms with Crippen LogP contribution >= 0.6 is 11.6 Å². The Balaban J connectivity index is 2.31. The molecule has 3 rings (SSSR count). The van der Waals surface area contributed by atoms with Crippen molar-refractivity contribution in [2.45, 2.75) is 26.2 Å². The van der Waals surface area contributed by atoms with Crippen LogP contribution in [0, 0.1) is 23.1 Å². The first-order chi connectivity index (χ1) is 10.1. The van der Waals surface area contributed by atoms with Gasteiger partial charge < -0.3 is 0 Å². The molecule has 0 saturated heterocycles. The summed E-state index contributed by atoms with van der Waals surface area (Å²) in [6, 6.07) is 8.44. The first-order valence-corrected chi connectivity index (χ1v) is 7.35. The predicted octanol–water partition coefficient (Wildman–Crippen LogP) is 4.54. The van der Waals surface area contributed by atoms with Crippen LogP contribution < -0.4 is 0 Å². The SMILES string of the molecule is CC1CCc2nc(Cl)c(C#N)c(-c3cccc(F)c3)c2C1. The molecule has 4 heteroatoms. The highest BCUT2D eigenvalue weighted by molar-refractivity contribution is 6.31. The summed E-state index contributed by atoms with van der Waals surface area (Å²) in [5.74, 6) is 0.209. The molecule has 1 aliphatic rings. The van der Waals surface area contributed by atoms with Crippen LogP contribution in [0.25, 0.3) is 11.1 Å². The normalized spacial score (nSPS) is 17.1. The van der Waals surface area contributed by atoms with Crippen LogP contribution in [0.3, 0.4) is 0 Å². The van der Waals surface area contributed by atoms with E-state index >= 15 is 0 Å². The second kappa shape index (κ2) is 5.46. The Morgan fingerprint density at radius 3 is 2.95 bits per heavy atom. The summed E-state index contributed by atoms with van der Waals surface area (Å²) in [5.41, 5.74) is 3.77. The number of rotatable bonds is 1. The molecular weight excluding hydrogens is 287 g/mol. The van der Waals surface area contributed by atoms with Gasteiger partial charge in [-0.3, -0.25) is 0 Å². The van der Waals surface area contributed by atoms with Crippen molar-refractivity contribution in [3.05, 3.63) is 52.1 Å². The van der Waals surface area contributed by atoms with Crippen LogP contribution in [0.1, 0.15) is 30.2 Å². The summed E-state index contributed by atoms with van der Waals surface area (Å²) in [6.45, 7) is 2.18. The van der Waals surface area contributed by atoms with Gasteiger partial charge in [-0.05, 0) is 48.4 Å². The lowest BCUT2D eigenvalue weighted by atomic mass is 9.82. The highest BCUT2D eigenvalue weighted by Gasteiger charge is 2.25. The number of pyridine rings is 1. The number of hydrogen-bond acceptors (Lipinski definition) is 2. The third kappa shape index (κ3) is 2.52. The van der Waals surface area contributed by atoms with Crippen LogP contribution in [0.2, 0.25) is 5.15 Å². The number of hydrogen-bond donors (Lipinski definition) is 0. The molecule has 1 heterocycles. The Morgan fingerprint density at radius 2 is 2.24 bits per heavy atom. The summed E-state index contributed by atoms with van der Waals surface area (Å²) in [4.78, 5) is 4.38. The minimum Gasteiger partial charge on any atom is -0.239 e. The smallest absolute Gasteiger partial charge is 0.147 e. The molecule has 0 amide bonds. The fourth-order valence-electron chi connectivity index (χ4n) is 2.97. The van der Waals surface area contributed by atoms with E-state index in [9.17, 15) is 9.65 Å². The van der Waals surface area contributed by atoms with Crippen LogP contribution in [-0.4, -0.2) is 4.98 Å². The largest absolute Gasteiger partial charge is 0.239 e. The van der Waals surface area contributed by atoms with Crippen molar-refractivity contribution < 1.29 is 4.39 Å². The van der Waals surface area contributed by atoms with E-state index in [1.807, 2.05) is 6.07 Å². The Hall–Kier alpha value is -1.92. The Morgan fingerprint density at radius 1 is 1.43 bits per heavy atom. The van der Waals surface area contributed by atoms with Crippen molar-refractivity contribution in [2.75, 3.05) is 0 Å². The second-order valence-corrected chi connectivity index (χ2v) is 5.91. The van der Waals surface area contributed by atoms with Gasteiger partial charge in [0.1, 0.15) is 17.0 Å². The zero-order valence-corrected chi connectivity index (χ0v) is 12.4. The van der Waals surface area contributed by atoms with Gasteiger partial charge in [0.25, 0.3) is 0 Å². The average molecular weight is 301 g/mol. The van der Waals surface area contributed by atoms with E-state index in [1.165, 1.54) is 12.1 Å². The van der Waals surface area contributed by atoms with Crippen LogP contribution in [0.15, 0.2) is 24.3 Å². The lowest BCUT2D eigenvalue weighted by molar-refractivity contribution is 0.494. The molecule has 2 nitrogen and oxygen atoms in total. The number of halogens is 2. The second-order valence-electron chi connectivity index (χ2n) is 5.55. The monoisotopic (exact) mass is 300 g/mol. The molecule has 0 fully saturated rings. The highest BCUT2D eigenvalue weighted by atomic mass is 35.5. The van der Waals surface area contributed by atoms with E-state index in [4.69, 9.17) is 11.6 Å².